The van der Waals surface area contributed by atoms with Gasteiger partial charge in [0.25, 0.3) is 0 Å². The molecule has 2 aromatic rings. The van der Waals surface area contributed by atoms with Crippen LogP contribution >= 0.6 is 0 Å². The predicted octanol–water partition coefficient (Wildman–Crippen LogP) is 4.16. The minimum absolute atomic E-state index is 0.0669. The summed E-state index contributed by atoms with van der Waals surface area (Å²) in [4.78, 5) is 68.4. The Morgan fingerprint density at radius 1 is 0.960 bits per heavy atom. The fourth-order valence-corrected chi connectivity index (χ4v) is 5.31. The van der Waals surface area contributed by atoms with Gasteiger partial charge in [-0.25, -0.2) is 14.4 Å². The van der Waals surface area contributed by atoms with Crippen molar-refractivity contribution in [3.63, 3.8) is 0 Å². The zero-order valence-corrected chi connectivity index (χ0v) is 28.4. The van der Waals surface area contributed by atoms with Gasteiger partial charge in [0.1, 0.15) is 36.1 Å². The van der Waals surface area contributed by atoms with E-state index in [2.05, 4.69) is 26.0 Å². The molecule has 0 bridgehead atoms. The molecule has 0 spiro atoms. The number of unbranched alkanes of at least 4 members (excludes halogenated alkanes) is 1. The molecule has 1 aliphatic rings. The molecule has 16 nitrogen and oxygen atoms in total. The molecule has 0 radical (unpaired) electrons. The smallest absolute Gasteiger partial charge is 0.408 e. The van der Waals surface area contributed by atoms with Crippen LogP contribution in [-0.4, -0.2) is 87.9 Å². The Bertz CT molecular complexity index is 1510. The number of benzene rings is 2. The lowest BCUT2D eigenvalue weighted by Crippen LogP contribution is -2.56. The Kier molecular flexibility index (Phi) is 14.7. The Morgan fingerprint density at radius 2 is 1.66 bits per heavy atom. The van der Waals surface area contributed by atoms with Crippen molar-refractivity contribution < 1.29 is 43.7 Å². The second-order valence-corrected chi connectivity index (χ2v) is 12.9. The minimum Gasteiger partial charge on any atom is -0.508 e. The molecule has 0 unspecified atom stereocenters. The SMILES string of the molecule is CC(C)(C)OC(=O)N[C@@H](CCc1ccc(O)cc1)C(=O)N[C@@H](CCCCNC(=O)OCc1ccccc1)C(=O)N1C[C@@H](N=[N+]=[N-])C[C@H]1C(=O)O. The van der Waals surface area contributed by atoms with Crippen molar-refractivity contribution in [2.45, 2.75) is 95.7 Å². The van der Waals surface area contributed by atoms with Crippen LogP contribution in [0.3, 0.4) is 0 Å². The Labute approximate surface area is 290 Å². The van der Waals surface area contributed by atoms with Crippen LogP contribution in [0.4, 0.5) is 9.59 Å². The molecule has 0 saturated carbocycles. The Balaban J connectivity index is 1.72. The van der Waals surface area contributed by atoms with E-state index in [0.29, 0.717) is 19.3 Å². The largest absolute Gasteiger partial charge is 0.508 e. The quantitative estimate of drug-likeness (QED) is 0.0733. The lowest BCUT2D eigenvalue weighted by atomic mass is 10.0. The molecule has 1 fully saturated rings. The number of aryl methyl sites for hydroxylation is 1. The number of carboxylic acid groups (broad SMARTS) is 1. The van der Waals surface area contributed by atoms with Gasteiger partial charge in [0.15, 0.2) is 0 Å². The number of nitrogens with zero attached hydrogens (tertiary/aromatic N) is 4. The van der Waals surface area contributed by atoms with Gasteiger partial charge in [0.05, 0.1) is 6.04 Å². The number of carbonyl (C=O) groups excluding carboxylic acids is 4. The van der Waals surface area contributed by atoms with Gasteiger partial charge in [-0.3, -0.25) is 9.59 Å². The van der Waals surface area contributed by atoms with E-state index < -0.39 is 59.7 Å². The molecule has 1 heterocycles. The van der Waals surface area contributed by atoms with Crippen LogP contribution in [0, 0.1) is 0 Å². The van der Waals surface area contributed by atoms with Gasteiger partial charge in [-0.15, -0.1) is 0 Å². The number of carbonyl (C=O) groups is 5. The predicted molar refractivity (Wildman–Crippen MR) is 181 cm³/mol. The lowest BCUT2D eigenvalue weighted by Gasteiger charge is -2.29. The second-order valence-electron chi connectivity index (χ2n) is 12.9. The molecule has 0 aliphatic carbocycles. The van der Waals surface area contributed by atoms with Gasteiger partial charge < -0.3 is 40.5 Å². The maximum Gasteiger partial charge on any atom is 0.408 e. The highest BCUT2D eigenvalue weighted by molar-refractivity contribution is 5.93. The summed E-state index contributed by atoms with van der Waals surface area (Å²) in [5.74, 6) is -2.60. The van der Waals surface area contributed by atoms with Gasteiger partial charge in [0, 0.05) is 18.0 Å². The summed E-state index contributed by atoms with van der Waals surface area (Å²) in [6.07, 6.45) is -0.341. The number of phenols is 1. The first-order valence-corrected chi connectivity index (χ1v) is 16.4. The minimum atomic E-state index is -1.28. The number of azide groups is 1. The highest BCUT2D eigenvalue weighted by Gasteiger charge is 2.42. The number of alkyl carbamates (subject to hydrolysis) is 2. The van der Waals surface area contributed by atoms with E-state index in [1.165, 1.54) is 12.1 Å². The molecule has 1 saturated heterocycles. The topological polar surface area (TPSA) is 232 Å². The van der Waals surface area contributed by atoms with Gasteiger partial charge in [-0.05, 0) is 88.1 Å². The van der Waals surface area contributed by atoms with E-state index in [-0.39, 0.29) is 44.7 Å². The van der Waals surface area contributed by atoms with Crippen molar-refractivity contribution in [2.75, 3.05) is 13.1 Å². The van der Waals surface area contributed by atoms with Crippen molar-refractivity contribution in [1.82, 2.24) is 20.9 Å². The van der Waals surface area contributed by atoms with E-state index in [4.69, 9.17) is 15.0 Å². The Hall–Kier alpha value is -5.50. The summed E-state index contributed by atoms with van der Waals surface area (Å²) >= 11 is 0. The summed E-state index contributed by atoms with van der Waals surface area (Å²) in [6.45, 7) is 5.16. The lowest BCUT2D eigenvalue weighted by molar-refractivity contribution is -0.149. The number of phenolic OH excluding ortho intramolecular Hbond substituents is 1. The second kappa shape index (κ2) is 18.9. The molecule has 16 heteroatoms. The van der Waals surface area contributed by atoms with E-state index in [9.17, 15) is 34.2 Å². The maximum absolute atomic E-state index is 13.9. The first kappa shape index (κ1) is 38.9. The number of hydrogen-bond donors (Lipinski definition) is 5. The average molecular weight is 696 g/mol. The highest BCUT2D eigenvalue weighted by atomic mass is 16.6. The first-order valence-electron chi connectivity index (χ1n) is 16.4. The van der Waals surface area contributed by atoms with E-state index >= 15 is 0 Å². The number of nitrogens with one attached hydrogen (secondary N) is 3. The van der Waals surface area contributed by atoms with E-state index in [1.807, 2.05) is 30.3 Å². The summed E-state index contributed by atoms with van der Waals surface area (Å²) in [6, 6.07) is 11.1. The number of likely N-dealkylation sites (tertiary alicyclic amines) is 1. The van der Waals surface area contributed by atoms with Gasteiger partial charge >= 0.3 is 18.2 Å². The number of ether oxygens (including phenoxy) is 2. The van der Waals surface area contributed by atoms with Gasteiger partial charge in [0.2, 0.25) is 11.8 Å². The molecule has 3 rings (SSSR count). The molecule has 270 valence electrons. The number of rotatable bonds is 16. The number of amides is 4. The number of hydrogen-bond acceptors (Lipinski definition) is 9. The van der Waals surface area contributed by atoms with Gasteiger partial charge in [-0.2, -0.15) is 0 Å². The maximum atomic E-state index is 13.9. The third-order valence-corrected chi connectivity index (χ3v) is 7.74. The van der Waals surface area contributed by atoms with Crippen LogP contribution in [0.15, 0.2) is 59.7 Å². The monoisotopic (exact) mass is 695 g/mol. The molecular formula is C34H45N7O9. The van der Waals surface area contributed by atoms with Crippen molar-refractivity contribution in [3.05, 3.63) is 76.2 Å². The van der Waals surface area contributed by atoms with Crippen molar-refractivity contribution in [2.24, 2.45) is 5.11 Å². The summed E-state index contributed by atoms with van der Waals surface area (Å²) < 4.78 is 10.6. The van der Waals surface area contributed by atoms with Crippen LogP contribution < -0.4 is 16.0 Å². The first-order chi connectivity index (χ1) is 23.8. The zero-order chi connectivity index (χ0) is 36.7. The average Bonchev–Trinajstić information content (AvgIpc) is 3.49. The summed E-state index contributed by atoms with van der Waals surface area (Å²) in [5, 5.41) is 31.0. The third-order valence-electron chi connectivity index (χ3n) is 7.74. The number of aromatic hydroxyl groups is 1. The molecule has 1 aliphatic heterocycles. The highest BCUT2D eigenvalue weighted by Crippen LogP contribution is 2.23. The van der Waals surface area contributed by atoms with Crippen molar-refractivity contribution >= 4 is 30.0 Å². The third kappa shape index (κ3) is 13.2. The zero-order valence-electron chi connectivity index (χ0n) is 28.4. The van der Waals surface area contributed by atoms with E-state index in [1.54, 1.807) is 32.9 Å². The molecule has 5 N–H and O–H groups in total. The summed E-state index contributed by atoms with van der Waals surface area (Å²) in [7, 11) is 0. The van der Waals surface area contributed by atoms with Crippen molar-refractivity contribution in [3.8, 4) is 5.75 Å². The molecule has 4 atom stereocenters. The molecule has 2 aromatic carbocycles. The summed E-state index contributed by atoms with van der Waals surface area (Å²) in [5.41, 5.74) is 9.65. The molecular weight excluding hydrogens is 650 g/mol. The standard InChI is InChI=1S/C34H45N7O9/c1-34(2,3)50-33(48)38-26(17-14-22-12-15-25(42)16-13-22)29(43)37-27(30(44)41-20-24(39-40-35)19-28(41)31(45)46)11-7-8-18-36-32(47)49-21-23-9-5-4-6-10-23/h4-6,9-10,12-13,15-16,24,26-28,42H,7-8,11,14,17-21H2,1-3H3,(H,36,47)(H,37,43)(H,38,48)(H,45,46)/t24-,26-,27-,28-/m0/s1. The van der Waals surface area contributed by atoms with Crippen molar-refractivity contribution in [1.29, 1.82) is 0 Å². The normalized spacial score (nSPS) is 16.7. The number of aliphatic carboxylic acids is 1. The fourth-order valence-electron chi connectivity index (χ4n) is 5.31. The number of carboxylic acids is 1. The van der Waals surface area contributed by atoms with Crippen LogP contribution in [0.2, 0.25) is 0 Å². The molecule has 0 aromatic heterocycles. The van der Waals surface area contributed by atoms with Crippen LogP contribution in [-0.2, 0) is 36.9 Å². The van der Waals surface area contributed by atoms with Crippen LogP contribution in [0.1, 0.15) is 64.0 Å². The fraction of sp³-hybridized carbons (Fsp3) is 0.500. The van der Waals surface area contributed by atoms with Crippen LogP contribution in [0.5, 0.6) is 5.75 Å². The van der Waals surface area contributed by atoms with Crippen LogP contribution in [0.25, 0.3) is 10.4 Å². The molecule has 50 heavy (non-hydrogen) atoms. The Morgan fingerprint density at radius 3 is 2.30 bits per heavy atom. The molecule has 4 amide bonds. The van der Waals surface area contributed by atoms with E-state index in [0.717, 1.165) is 16.0 Å². The van der Waals surface area contributed by atoms with Gasteiger partial charge in [-0.1, -0.05) is 47.6 Å².